The highest BCUT2D eigenvalue weighted by atomic mass is 16.3. The average molecular weight is 173 g/mol. The molecule has 0 aromatic rings. The summed E-state index contributed by atoms with van der Waals surface area (Å²) in [4.78, 5) is 4.69. The number of aliphatic hydroxyl groups is 1. The van der Waals surface area contributed by atoms with Crippen molar-refractivity contribution in [1.29, 1.82) is 0 Å². The molecule has 0 unspecified atom stereocenters. The molecule has 0 aromatic heterocycles. The van der Waals surface area contributed by atoms with Crippen LogP contribution in [0.4, 0.5) is 0 Å². The summed E-state index contributed by atoms with van der Waals surface area (Å²) in [5, 5.41) is 8.75. The van der Waals surface area contributed by atoms with E-state index < -0.39 is 0 Å². The largest absolute Gasteiger partial charge is 0.395 e. The van der Waals surface area contributed by atoms with Crippen molar-refractivity contribution in [3.8, 4) is 0 Å². The van der Waals surface area contributed by atoms with Crippen molar-refractivity contribution in [2.75, 3.05) is 45.9 Å². The van der Waals surface area contributed by atoms with E-state index in [-0.39, 0.29) is 6.61 Å². The van der Waals surface area contributed by atoms with Crippen molar-refractivity contribution in [1.82, 2.24) is 9.80 Å². The summed E-state index contributed by atoms with van der Waals surface area (Å²) in [5.74, 6) is 0. The second-order valence-electron chi connectivity index (χ2n) is 3.26. The minimum atomic E-state index is 0.271. The fourth-order valence-electron chi connectivity index (χ4n) is 1.60. The molecular formula is C9H20N2O. The van der Waals surface area contributed by atoms with Crippen molar-refractivity contribution in [2.24, 2.45) is 0 Å². The third-order valence-electron chi connectivity index (χ3n) is 2.36. The SMILES string of the molecule is [2H]CCCN1CCN(CCO)CC1. The highest BCUT2D eigenvalue weighted by molar-refractivity contribution is 4.70. The number of rotatable bonds is 4. The zero-order chi connectivity index (χ0) is 9.52. The molecule has 0 atom stereocenters. The van der Waals surface area contributed by atoms with E-state index in [0.717, 1.165) is 45.7 Å². The molecule has 3 heteroatoms. The summed E-state index contributed by atoms with van der Waals surface area (Å²) in [6.07, 6.45) is 0.986. The van der Waals surface area contributed by atoms with E-state index >= 15 is 0 Å². The summed E-state index contributed by atoms with van der Waals surface area (Å²) < 4.78 is 7.06. The molecule has 1 rings (SSSR count). The molecule has 1 N–H and O–H groups in total. The van der Waals surface area contributed by atoms with E-state index in [0.29, 0.717) is 6.90 Å². The number of β-amino-alcohol motifs (C(OH)–C–C–N with tert-alkyl or cyclic N) is 1. The van der Waals surface area contributed by atoms with Gasteiger partial charge in [0.2, 0.25) is 0 Å². The molecule has 1 saturated heterocycles. The normalized spacial score (nSPS) is 22.6. The molecule has 0 radical (unpaired) electrons. The van der Waals surface area contributed by atoms with E-state index in [1.807, 2.05) is 0 Å². The molecule has 12 heavy (non-hydrogen) atoms. The second-order valence-corrected chi connectivity index (χ2v) is 3.26. The molecule has 1 aliphatic rings. The van der Waals surface area contributed by atoms with Gasteiger partial charge in [0.25, 0.3) is 0 Å². The lowest BCUT2D eigenvalue weighted by Crippen LogP contribution is -2.47. The molecule has 0 saturated carbocycles. The van der Waals surface area contributed by atoms with Gasteiger partial charge in [0.1, 0.15) is 0 Å². The van der Waals surface area contributed by atoms with E-state index in [4.69, 9.17) is 6.48 Å². The van der Waals surface area contributed by atoms with Gasteiger partial charge in [0, 0.05) is 34.1 Å². The van der Waals surface area contributed by atoms with Gasteiger partial charge in [-0.05, 0) is 13.0 Å². The van der Waals surface area contributed by atoms with Gasteiger partial charge in [-0.1, -0.05) is 6.90 Å². The molecule has 0 aliphatic carbocycles. The highest BCUT2D eigenvalue weighted by Crippen LogP contribution is 2.01. The van der Waals surface area contributed by atoms with Gasteiger partial charge >= 0.3 is 0 Å². The third-order valence-corrected chi connectivity index (χ3v) is 2.36. The number of hydrogen-bond acceptors (Lipinski definition) is 3. The fraction of sp³-hybridized carbons (Fsp3) is 1.00. The van der Waals surface area contributed by atoms with Crippen molar-refractivity contribution in [3.63, 3.8) is 0 Å². The van der Waals surface area contributed by atoms with Gasteiger partial charge in [-0.2, -0.15) is 0 Å². The lowest BCUT2D eigenvalue weighted by Gasteiger charge is -2.34. The summed E-state index contributed by atoms with van der Waals surface area (Å²) in [6, 6.07) is 0. The van der Waals surface area contributed by atoms with E-state index in [2.05, 4.69) is 9.80 Å². The smallest absolute Gasteiger partial charge is 0.0558 e. The first-order valence-electron chi connectivity index (χ1n) is 5.42. The minimum Gasteiger partial charge on any atom is -0.395 e. The first-order chi connectivity index (χ1) is 6.36. The first-order valence-corrected chi connectivity index (χ1v) is 4.71. The molecule has 0 amide bonds. The predicted molar refractivity (Wildman–Crippen MR) is 50.3 cm³/mol. The first kappa shape index (κ1) is 8.48. The zero-order valence-corrected chi connectivity index (χ0v) is 7.71. The molecular weight excluding hydrogens is 152 g/mol. The Kier molecular flexibility index (Phi) is 3.89. The maximum Gasteiger partial charge on any atom is 0.0558 e. The number of aliphatic hydroxyl groups excluding tert-OH is 1. The molecule has 0 spiro atoms. The Labute approximate surface area is 76.4 Å². The Hall–Kier alpha value is -0.120. The van der Waals surface area contributed by atoms with Gasteiger partial charge in [-0.15, -0.1) is 0 Å². The molecule has 1 fully saturated rings. The van der Waals surface area contributed by atoms with Crippen LogP contribution < -0.4 is 0 Å². The Morgan fingerprint density at radius 3 is 2.25 bits per heavy atom. The Morgan fingerprint density at radius 2 is 1.75 bits per heavy atom. The molecule has 1 heterocycles. The summed E-state index contributed by atoms with van der Waals surface area (Å²) >= 11 is 0. The number of piperazine rings is 1. The van der Waals surface area contributed by atoms with Crippen LogP contribution in [0.1, 0.15) is 14.7 Å². The van der Waals surface area contributed by atoms with Crippen molar-refractivity contribution < 1.29 is 6.48 Å². The lowest BCUT2D eigenvalue weighted by molar-refractivity contribution is 0.113. The summed E-state index contributed by atoms with van der Waals surface area (Å²) in [5.41, 5.74) is 0. The van der Waals surface area contributed by atoms with Crippen LogP contribution in [0.25, 0.3) is 0 Å². The molecule has 0 aromatic carbocycles. The number of hydrogen-bond donors (Lipinski definition) is 1. The highest BCUT2D eigenvalue weighted by Gasteiger charge is 2.14. The summed E-state index contributed by atoms with van der Waals surface area (Å²) in [6.45, 7) is 7.02. The maximum absolute atomic E-state index is 8.75. The van der Waals surface area contributed by atoms with E-state index in [1.165, 1.54) is 0 Å². The van der Waals surface area contributed by atoms with Crippen LogP contribution in [0.2, 0.25) is 0 Å². The van der Waals surface area contributed by atoms with E-state index in [1.54, 1.807) is 0 Å². The fourth-order valence-corrected chi connectivity index (χ4v) is 1.60. The van der Waals surface area contributed by atoms with Crippen LogP contribution in [-0.2, 0) is 0 Å². The standard InChI is InChI=1S/C9H20N2O/c1-2-3-10-4-6-11(7-5-10)8-9-12/h12H,2-9H2,1H3/i1D. The van der Waals surface area contributed by atoms with Crippen molar-refractivity contribution in [3.05, 3.63) is 0 Å². The van der Waals surface area contributed by atoms with E-state index in [9.17, 15) is 0 Å². The molecule has 72 valence electrons. The topological polar surface area (TPSA) is 26.7 Å². The minimum absolute atomic E-state index is 0.271. The van der Waals surface area contributed by atoms with Gasteiger partial charge in [0.05, 0.1) is 6.61 Å². The van der Waals surface area contributed by atoms with Crippen LogP contribution >= 0.6 is 0 Å². The number of nitrogens with zero attached hydrogens (tertiary/aromatic N) is 2. The van der Waals surface area contributed by atoms with Gasteiger partial charge in [-0.3, -0.25) is 4.90 Å². The van der Waals surface area contributed by atoms with Gasteiger partial charge in [-0.25, -0.2) is 0 Å². The van der Waals surface area contributed by atoms with Crippen molar-refractivity contribution in [2.45, 2.75) is 13.3 Å². The van der Waals surface area contributed by atoms with Gasteiger partial charge < -0.3 is 10.0 Å². The molecule has 3 nitrogen and oxygen atoms in total. The second kappa shape index (κ2) is 5.51. The Bertz CT molecular complexity index is 127. The zero-order valence-electron chi connectivity index (χ0n) is 8.71. The average Bonchev–Trinajstić information content (AvgIpc) is 2.17. The predicted octanol–water partition coefficient (Wildman–Crippen LogP) is 0.00630. The molecule has 0 bridgehead atoms. The van der Waals surface area contributed by atoms with Crippen LogP contribution in [0, 0.1) is 0 Å². The van der Waals surface area contributed by atoms with Crippen LogP contribution in [-0.4, -0.2) is 60.8 Å². The third kappa shape index (κ3) is 3.09. The monoisotopic (exact) mass is 173 g/mol. The quantitative estimate of drug-likeness (QED) is 0.648. The van der Waals surface area contributed by atoms with Crippen LogP contribution in [0.5, 0.6) is 0 Å². The van der Waals surface area contributed by atoms with Gasteiger partial charge in [0.15, 0.2) is 0 Å². The van der Waals surface area contributed by atoms with Crippen molar-refractivity contribution >= 4 is 0 Å². The van der Waals surface area contributed by atoms with Crippen LogP contribution in [0.3, 0.4) is 0 Å². The Morgan fingerprint density at radius 1 is 1.17 bits per heavy atom. The summed E-state index contributed by atoms with van der Waals surface area (Å²) in [7, 11) is 0. The maximum atomic E-state index is 8.75. The van der Waals surface area contributed by atoms with Crippen LogP contribution in [0.15, 0.2) is 0 Å². The molecule has 1 aliphatic heterocycles. The Balaban J connectivity index is 2.08. The lowest BCUT2D eigenvalue weighted by atomic mass is 10.3.